The molecular weight excluding hydrogens is 460 g/mol. The molecule has 0 heterocycles. The van der Waals surface area contributed by atoms with Crippen molar-refractivity contribution < 1.29 is 33.7 Å². The third-order valence-electron chi connectivity index (χ3n) is 4.66. The molecule has 0 aliphatic rings. The van der Waals surface area contributed by atoms with Crippen molar-refractivity contribution in [1.29, 1.82) is 0 Å². The Morgan fingerprint density at radius 1 is 0.806 bits per heavy atom. The van der Waals surface area contributed by atoms with Crippen LogP contribution in [0.3, 0.4) is 0 Å². The van der Waals surface area contributed by atoms with Gasteiger partial charge < -0.3 is 19.3 Å². The Hall–Kier alpha value is -4.65. The van der Waals surface area contributed by atoms with E-state index in [9.17, 15) is 19.5 Å². The van der Waals surface area contributed by atoms with Gasteiger partial charge in [-0.25, -0.2) is 9.59 Å². The first-order valence-electron chi connectivity index (χ1n) is 10.9. The first-order chi connectivity index (χ1) is 17.1. The van der Waals surface area contributed by atoms with Crippen LogP contribution in [0.25, 0.3) is 0 Å². The SMILES string of the molecule is C=C(C)C(=O)OC.C=C(C)C(=O)OC(Oc1ccc(C(=O)c2ccccc2)c(O)c1)c1ccccc1. The number of hydrogen-bond acceptors (Lipinski definition) is 7. The molecule has 0 amide bonds. The van der Waals surface area contributed by atoms with E-state index < -0.39 is 12.3 Å². The van der Waals surface area contributed by atoms with Gasteiger partial charge >= 0.3 is 11.9 Å². The van der Waals surface area contributed by atoms with Crippen LogP contribution in [0.2, 0.25) is 0 Å². The maximum absolute atomic E-state index is 12.6. The molecule has 7 nitrogen and oxygen atoms in total. The predicted molar refractivity (Wildman–Crippen MR) is 136 cm³/mol. The fraction of sp³-hybridized carbons (Fsp3) is 0.138. The molecule has 3 aromatic rings. The zero-order chi connectivity index (χ0) is 26.7. The largest absolute Gasteiger partial charge is 0.507 e. The molecule has 0 bridgehead atoms. The van der Waals surface area contributed by atoms with Gasteiger partial charge in [0.05, 0.1) is 12.7 Å². The van der Waals surface area contributed by atoms with Crippen molar-refractivity contribution in [3.8, 4) is 11.5 Å². The van der Waals surface area contributed by atoms with Crippen LogP contribution in [-0.2, 0) is 19.1 Å². The number of ether oxygens (including phenoxy) is 3. The van der Waals surface area contributed by atoms with E-state index in [2.05, 4.69) is 17.9 Å². The number of ketones is 1. The molecule has 1 atom stereocenters. The molecule has 0 aliphatic carbocycles. The molecule has 3 rings (SSSR count). The van der Waals surface area contributed by atoms with Gasteiger partial charge in [-0.3, -0.25) is 4.79 Å². The summed E-state index contributed by atoms with van der Waals surface area (Å²) in [7, 11) is 1.33. The quantitative estimate of drug-likeness (QED) is 0.192. The molecule has 0 fully saturated rings. The third-order valence-corrected chi connectivity index (χ3v) is 4.66. The molecule has 1 unspecified atom stereocenters. The first-order valence-corrected chi connectivity index (χ1v) is 10.9. The minimum absolute atomic E-state index is 0.152. The molecule has 0 radical (unpaired) electrons. The molecule has 7 heteroatoms. The van der Waals surface area contributed by atoms with Crippen molar-refractivity contribution in [3.05, 3.63) is 120 Å². The summed E-state index contributed by atoms with van der Waals surface area (Å²) in [6.07, 6.45) is -1.03. The first kappa shape index (κ1) is 27.6. The average molecular weight is 489 g/mol. The maximum atomic E-state index is 12.6. The second-order valence-corrected chi connectivity index (χ2v) is 7.69. The number of phenolic OH excluding ortho intramolecular Hbond substituents is 1. The summed E-state index contributed by atoms with van der Waals surface area (Å²) in [6.45, 7) is 10.1. The molecule has 0 aromatic heterocycles. The molecule has 186 valence electrons. The van der Waals surface area contributed by atoms with Gasteiger partial charge in [0.15, 0.2) is 5.78 Å². The Kier molecular flexibility index (Phi) is 10.2. The van der Waals surface area contributed by atoms with Crippen molar-refractivity contribution in [2.24, 2.45) is 0 Å². The number of carbonyl (C=O) groups is 3. The monoisotopic (exact) mass is 488 g/mol. The third kappa shape index (κ3) is 7.99. The topological polar surface area (TPSA) is 99.1 Å². The average Bonchev–Trinajstić information content (AvgIpc) is 2.88. The van der Waals surface area contributed by atoms with E-state index in [0.717, 1.165) is 0 Å². The molecule has 0 aliphatic heterocycles. The number of esters is 2. The van der Waals surface area contributed by atoms with Crippen molar-refractivity contribution in [2.75, 3.05) is 7.11 Å². The summed E-state index contributed by atoms with van der Waals surface area (Å²) in [4.78, 5) is 34.7. The lowest BCUT2D eigenvalue weighted by Crippen LogP contribution is -2.17. The van der Waals surface area contributed by atoms with Gasteiger partial charge in [-0.1, -0.05) is 73.8 Å². The van der Waals surface area contributed by atoms with Crippen molar-refractivity contribution >= 4 is 17.7 Å². The van der Waals surface area contributed by atoms with Crippen LogP contribution in [0.5, 0.6) is 11.5 Å². The van der Waals surface area contributed by atoms with Crippen LogP contribution < -0.4 is 4.74 Å². The van der Waals surface area contributed by atoms with E-state index in [0.29, 0.717) is 16.7 Å². The van der Waals surface area contributed by atoms with Gasteiger partial charge in [-0.2, -0.15) is 0 Å². The summed E-state index contributed by atoms with van der Waals surface area (Å²) >= 11 is 0. The van der Waals surface area contributed by atoms with Gasteiger partial charge in [-0.05, 0) is 26.0 Å². The molecule has 3 aromatic carbocycles. The molecule has 1 N–H and O–H groups in total. The van der Waals surface area contributed by atoms with Gasteiger partial charge in [0.1, 0.15) is 11.5 Å². The minimum Gasteiger partial charge on any atom is -0.507 e. The highest BCUT2D eigenvalue weighted by molar-refractivity contribution is 6.10. The van der Waals surface area contributed by atoms with Crippen molar-refractivity contribution in [3.63, 3.8) is 0 Å². The maximum Gasteiger partial charge on any atom is 0.336 e. The van der Waals surface area contributed by atoms with E-state index in [1.54, 1.807) is 68.4 Å². The number of benzene rings is 3. The predicted octanol–water partition coefficient (Wildman–Crippen LogP) is 5.56. The number of rotatable bonds is 8. The van der Waals surface area contributed by atoms with Crippen LogP contribution >= 0.6 is 0 Å². The molecule has 0 saturated heterocycles. The molecule has 0 spiro atoms. The fourth-order valence-corrected chi connectivity index (χ4v) is 2.79. The summed E-state index contributed by atoms with van der Waals surface area (Å²) in [5, 5.41) is 10.4. The van der Waals surface area contributed by atoms with Crippen LogP contribution in [0.1, 0.15) is 41.6 Å². The zero-order valence-corrected chi connectivity index (χ0v) is 20.4. The second-order valence-electron chi connectivity index (χ2n) is 7.69. The lowest BCUT2D eigenvalue weighted by Gasteiger charge is -2.20. The van der Waals surface area contributed by atoms with Gasteiger partial charge in [0.25, 0.3) is 6.29 Å². The van der Waals surface area contributed by atoms with E-state index in [1.165, 1.54) is 19.2 Å². The summed E-state index contributed by atoms with van der Waals surface area (Å²) in [6, 6.07) is 21.9. The minimum atomic E-state index is -1.03. The Labute approximate surface area is 210 Å². The standard InChI is InChI=1S/C24H20O5.C5H8O2/c1-16(2)23(27)29-24(18-11-7-4-8-12-18)28-19-13-14-20(21(25)15-19)22(26)17-9-5-3-6-10-17;1-4(2)5(6)7-3/h3-15,24-25H,1H2,2H3;1H2,2-3H3. The van der Waals surface area contributed by atoms with Crippen LogP contribution in [0.4, 0.5) is 0 Å². The number of methoxy groups -OCH3 is 1. The summed E-state index contributed by atoms with van der Waals surface area (Å²) in [5.74, 6) is -1.23. The highest BCUT2D eigenvalue weighted by Crippen LogP contribution is 2.30. The van der Waals surface area contributed by atoms with Gasteiger partial charge in [0.2, 0.25) is 0 Å². The lowest BCUT2D eigenvalue weighted by molar-refractivity contribution is -0.160. The Morgan fingerprint density at radius 3 is 1.83 bits per heavy atom. The molecule has 36 heavy (non-hydrogen) atoms. The highest BCUT2D eigenvalue weighted by atomic mass is 16.7. The highest BCUT2D eigenvalue weighted by Gasteiger charge is 2.20. The van der Waals surface area contributed by atoms with Gasteiger partial charge in [-0.15, -0.1) is 0 Å². The smallest absolute Gasteiger partial charge is 0.336 e. The van der Waals surface area contributed by atoms with Crippen molar-refractivity contribution in [1.82, 2.24) is 0 Å². The molecule has 0 saturated carbocycles. The van der Waals surface area contributed by atoms with Crippen LogP contribution in [0.15, 0.2) is 103 Å². The second kappa shape index (κ2) is 13.3. The van der Waals surface area contributed by atoms with Gasteiger partial charge in [0, 0.05) is 28.3 Å². The number of carbonyl (C=O) groups excluding carboxylic acids is 3. The van der Waals surface area contributed by atoms with Crippen LogP contribution in [0, 0.1) is 0 Å². The Morgan fingerprint density at radius 2 is 1.36 bits per heavy atom. The molecular formula is C29H28O7. The lowest BCUT2D eigenvalue weighted by atomic mass is 10.0. The normalized spacial score (nSPS) is 10.6. The van der Waals surface area contributed by atoms with Crippen molar-refractivity contribution in [2.45, 2.75) is 20.1 Å². The fourth-order valence-electron chi connectivity index (χ4n) is 2.79. The zero-order valence-electron chi connectivity index (χ0n) is 20.4. The van der Waals surface area contributed by atoms with E-state index in [-0.39, 0.29) is 34.4 Å². The number of aromatic hydroxyl groups is 1. The summed E-state index contributed by atoms with van der Waals surface area (Å²) in [5.41, 5.74) is 1.91. The Bertz CT molecular complexity index is 1230. The Balaban J connectivity index is 0.000000572. The van der Waals surface area contributed by atoms with Crippen LogP contribution in [-0.4, -0.2) is 29.9 Å². The van der Waals surface area contributed by atoms with E-state index in [4.69, 9.17) is 9.47 Å². The number of phenols is 1. The summed E-state index contributed by atoms with van der Waals surface area (Å²) < 4.78 is 15.4. The van der Waals surface area contributed by atoms with E-state index >= 15 is 0 Å². The van der Waals surface area contributed by atoms with E-state index in [1.807, 2.05) is 12.1 Å². The number of hydrogen-bond donors (Lipinski definition) is 1.